The lowest BCUT2D eigenvalue weighted by molar-refractivity contribution is 0.0987. The molecule has 0 saturated heterocycles. The van der Waals surface area contributed by atoms with Crippen LogP contribution >= 0.6 is 11.8 Å². The standard InChI is InChI=1S/C22H18F4N4O2S/c1-3-4-32-17-10-28-14(9-29-17)15(31)7-11-5-12(18(24)13(23)6-11)21(2)16-8-22(16,19(25)26)33-20(27)30-21/h1,5-6,9-10,16,19H,4,7-8H2,2H3,(H2,27,30)/t16-,21+,22-/m0/s1. The van der Waals surface area contributed by atoms with Crippen LogP contribution in [0.5, 0.6) is 5.88 Å². The molecule has 1 aliphatic heterocycles. The molecule has 1 aromatic carbocycles. The second-order valence-electron chi connectivity index (χ2n) is 7.98. The number of Topliss-reactive ketones (excluding diaryl/α,β-unsaturated/α-hetero) is 1. The largest absolute Gasteiger partial charge is 0.463 e. The summed E-state index contributed by atoms with van der Waals surface area (Å²) in [5.41, 5.74) is 4.20. The fourth-order valence-electron chi connectivity index (χ4n) is 4.15. The highest BCUT2D eigenvalue weighted by Gasteiger charge is 2.71. The van der Waals surface area contributed by atoms with Crippen LogP contribution in [-0.2, 0) is 12.0 Å². The van der Waals surface area contributed by atoms with Crippen LogP contribution < -0.4 is 10.5 Å². The molecule has 11 heteroatoms. The molecule has 1 aromatic heterocycles. The Morgan fingerprint density at radius 3 is 2.76 bits per heavy atom. The van der Waals surface area contributed by atoms with E-state index < -0.39 is 40.0 Å². The number of ketones is 1. The van der Waals surface area contributed by atoms with E-state index in [1.54, 1.807) is 0 Å². The summed E-state index contributed by atoms with van der Waals surface area (Å²) >= 11 is 0.767. The van der Waals surface area contributed by atoms with Gasteiger partial charge < -0.3 is 10.5 Å². The molecule has 4 rings (SSSR count). The fourth-order valence-corrected chi connectivity index (χ4v) is 5.48. The van der Waals surface area contributed by atoms with Crippen LogP contribution in [0.2, 0.25) is 0 Å². The van der Waals surface area contributed by atoms with Crippen LogP contribution in [0.3, 0.4) is 0 Å². The van der Waals surface area contributed by atoms with E-state index in [4.69, 9.17) is 16.9 Å². The molecular weight excluding hydrogens is 460 g/mol. The predicted octanol–water partition coefficient (Wildman–Crippen LogP) is 3.49. The molecule has 2 aliphatic rings. The van der Waals surface area contributed by atoms with Gasteiger partial charge in [0.1, 0.15) is 5.69 Å². The fraction of sp³-hybridized carbons (Fsp3) is 0.364. The molecule has 0 amide bonds. The first-order valence-electron chi connectivity index (χ1n) is 9.83. The van der Waals surface area contributed by atoms with Crippen molar-refractivity contribution >= 4 is 22.7 Å². The van der Waals surface area contributed by atoms with Gasteiger partial charge in [-0.15, -0.1) is 6.42 Å². The highest BCUT2D eigenvalue weighted by atomic mass is 32.2. The van der Waals surface area contributed by atoms with Crippen LogP contribution in [0.4, 0.5) is 17.6 Å². The van der Waals surface area contributed by atoms with Crippen molar-refractivity contribution in [2.75, 3.05) is 6.61 Å². The Bertz CT molecular complexity index is 1180. The zero-order valence-corrected chi connectivity index (χ0v) is 18.1. The van der Waals surface area contributed by atoms with Crippen molar-refractivity contribution in [3.05, 3.63) is 53.0 Å². The van der Waals surface area contributed by atoms with E-state index in [0.717, 1.165) is 17.8 Å². The molecule has 3 atom stereocenters. The van der Waals surface area contributed by atoms with Crippen molar-refractivity contribution in [3.63, 3.8) is 0 Å². The first kappa shape index (κ1) is 23.0. The summed E-state index contributed by atoms with van der Waals surface area (Å²) in [6.07, 6.45) is 4.53. The van der Waals surface area contributed by atoms with Gasteiger partial charge in [-0.1, -0.05) is 17.7 Å². The molecule has 172 valence electrons. The Balaban J connectivity index is 1.63. The van der Waals surface area contributed by atoms with Gasteiger partial charge in [-0.3, -0.25) is 9.79 Å². The lowest BCUT2D eigenvalue weighted by Gasteiger charge is -2.34. The van der Waals surface area contributed by atoms with E-state index >= 15 is 0 Å². The van der Waals surface area contributed by atoms with E-state index in [9.17, 15) is 22.4 Å². The third kappa shape index (κ3) is 4.04. The second kappa shape index (κ2) is 8.33. The summed E-state index contributed by atoms with van der Waals surface area (Å²) in [4.78, 5) is 24.7. The number of aliphatic imine (C=N–C) groups is 1. The number of nitrogens with zero attached hydrogens (tertiary/aromatic N) is 3. The van der Waals surface area contributed by atoms with Crippen molar-refractivity contribution in [2.24, 2.45) is 16.6 Å². The van der Waals surface area contributed by atoms with Crippen molar-refractivity contribution in [3.8, 4) is 18.2 Å². The maximum absolute atomic E-state index is 14.8. The van der Waals surface area contributed by atoms with Gasteiger partial charge in [0.2, 0.25) is 5.88 Å². The summed E-state index contributed by atoms with van der Waals surface area (Å²) in [6, 6.07) is 2.16. The number of rotatable bonds is 7. The van der Waals surface area contributed by atoms with Gasteiger partial charge in [0.05, 0.1) is 22.7 Å². The number of nitrogens with two attached hydrogens (primary N) is 1. The Hall–Kier alpha value is -3.13. The maximum Gasteiger partial charge on any atom is 0.253 e. The number of benzene rings is 1. The monoisotopic (exact) mass is 478 g/mol. The van der Waals surface area contributed by atoms with E-state index in [0.29, 0.717) is 0 Å². The van der Waals surface area contributed by atoms with Crippen LogP contribution in [0.1, 0.15) is 35.0 Å². The van der Waals surface area contributed by atoms with Crippen LogP contribution in [0, 0.1) is 29.9 Å². The lowest BCUT2D eigenvalue weighted by Crippen LogP contribution is -2.39. The zero-order chi connectivity index (χ0) is 24.0. The summed E-state index contributed by atoms with van der Waals surface area (Å²) in [6.45, 7) is 1.44. The Labute approximate surface area is 191 Å². The van der Waals surface area contributed by atoms with Crippen LogP contribution in [0.25, 0.3) is 0 Å². The number of amidine groups is 1. The average molecular weight is 478 g/mol. The molecule has 6 nitrogen and oxygen atoms in total. The first-order chi connectivity index (χ1) is 15.6. The summed E-state index contributed by atoms with van der Waals surface area (Å²) < 4.78 is 60.4. The number of fused-ring (bicyclic) bond motifs is 1. The van der Waals surface area contributed by atoms with Crippen molar-refractivity contribution in [1.29, 1.82) is 0 Å². The van der Waals surface area contributed by atoms with Crippen molar-refractivity contribution in [1.82, 2.24) is 9.97 Å². The number of carbonyl (C=O) groups is 1. The van der Waals surface area contributed by atoms with E-state index in [1.165, 1.54) is 25.4 Å². The third-order valence-electron chi connectivity index (χ3n) is 5.85. The smallest absolute Gasteiger partial charge is 0.253 e. The Morgan fingerprint density at radius 2 is 2.12 bits per heavy atom. The first-order valence-corrected chi connectivity index (χ1v) is 10.6. The molecule has 0 bridgehead atoms. The van der Waals surface area contributed by atoms with Gasteiger partial charge in [0, 0.05) is 17.9 Å². The number of aromatic nitrogens is 2. The van der Waals surface area contributed by atoms with Gasteiger partial charge in [0.15, 0.2) is 29.2 Å². The molecule has 0 spiro atoms. The number of terminal acetylenes is 1. The molecular formula is C22H18F4N4O2S. The second-order valence-corrected chi connectivity index (χ2v) is 9.37. The number of alkyl halides is 2. The number of halogens is 4. The molecule has 2 N–H and O–H groups in total. The number of thioether (sulfide) groups is 1. The number of hydrogen-bond acceptors (Lipinski definition) is 7. The van der Waals surface area contributed by atoms with Crippen LogP contribution in [-0.4, -0.2) is 38.7 Å². The molecule has 1 aliphatic carbocycles. The lowest BCUT2D eigenvalue weighted by atomic mass is 9.84. The highest BCUT2D eigenvalue weighted by molar-refractivity contribution is 8.15. The van der Waals surface area contributed by atoms with Gasteiger partial charge in [-0.05, 0) is 31.0 Å². The SMILES string of the molecule is C#CCOc1cnc(C(=O)Cc2cc(F)c(F)c([C@@]3(C)N=C(N)S[C@@]4(C(F)F)C[C@@H]34)c2)cn1. The van der Waals surface area contributed by atoms with Gasteiger partial charge in [-0.25, -0.2) is 27.5 Å². The molecule has 1 saturated carbocycles. The topological polar surface area (TPSA) is 90.5 Å². The number of hydrogen-bond donors (Lipinski definition) is 1. The molecule has 2 aromatic rings. The summed E-state index contributed by atoms with van der Waals surface area (Å²) in [7, 11) is 0. The minimum atomic E-state index is -2.70. The quantitative estimate of drug-likeness (QED) is 0.372. The normalized spacial score (nSPS) is 25.7. The van der Waals surface area contributed by atoms with Crippen molar-refractivity contribution < 1.29 is 27.1 Å². The van der Waals surface area contributed by atoms with Crippen LogP contribution in [0.15, 0.2) is 29.5 Å². The Morgan fingerprint density at radius 1 is 1.36 bits per heavy atom. The molecule has 0 unspecified atom stereocenters. The predicted molar refractivity (Wildman–Crippen MR) is 114 cm³/mol. The highest BCUT2D eigenvalue weighted by Crippen LogP contribution is 2.68. The molecule has 33 heavy (non-hydrogen) atoms. The third-order valence-corrected chi connectivity index (χ3v) is 7.16. The van der Waals surface area contributed by atoms with Crippen molar-refractivity contribution in [2.45, 2.75) is 36.5 Å². The van der Waals surface area contributed by atoms with E-state index in [-0.39, 0.29) is 47.3 Å². The van der Waals surface area contributed by atoms with Gasteiger partial charge >= 0.3 is 0 Å². The van der Waals surface area contributed by atoms with Gasteiger partial charge in [0.25, 0.3) is 6.43 Å². The number of carbonyl (C=O) groups excluding carboxylic acids is 1. The minimum absolute atomic E-state index is 0.0162. The molecule has 0 radical (unpaired) electrons. The maximum atomic E-state index is 14.8. The average Bonchev–Trinajstić information content (AvgIpc) is 3.52. The van der Waals surface area contributed by atoms with Gasteiger partial charge in [-0.2, -0.15) is 0 Å². The number of ether oxygens (including phenoxy) is 1. The zero-order valence-electron chi connectivity index (χ0n) is 17.3. The van der Waals surface area contributed by atoms with E-state index in [2.05, 4.69) is 20.9 Å². The van der Waals surface area contributed by atoms with E-state index in [1.807, 2.05) is 0 Å². The molecule has 2 heterocycles. The molecule has 1 fully saturated rings. The summed E-state index contributed by atoms with van der Waals surface area (Å²) in [5.74, 6) is -1.27. The summed E-state index contributed by atoms with van der Waals surface area (Å²) in [5, 5.41) is -0.116. The minimum Gasteiger partial charge on any atom is -0.463 e. The Kier molecular flexibility index (Phi) is 5.82.